The van der Waals surface area contributed by atoms with Crippen LogP contribution in [-0.2, 0) is 12.3 Å². The average molecular weight is 359 g/mol. The lowest BCUT2D eigenvalue weighted by molar-refractivity contribution is 0.245. The minimum Gasteiger partial charge on any atom is -0.382 e. The van der Waals surface area contributed by atoms with E-state index in [0.29, 0.717) is 6.42 Å². The van der Waals surface area contributed by atoms with E-state index in [1.807, 2.05) is 35.0 Å². The number of thioether (sulfide) groups is 1. The average Bonchev–Trinajstić information content (AvgIpc) is 3.10. The van der Waals surface area contributed by atoms with Gasteiger partial charge in [-0.1, -0.05) is 48.0 Å². The maximum absolute atomic E-state index is 9.87. The number of aliphatic hydroxyl groups excluding tert-OH is 1. The molecule has 5 heteroatoms. The number of benzene rings is 2. The van der Waals surface area contributed by atoms with Crippen LogP contribution in [0.25, 0.3) is 0 Å². The van der Waals surface area contributed by atoms with Crippen LogP contribution in [0.1, 0.15) is 12.0 Å². The highest BCUT2D eigenvalue weighted by Crippen LogP contribution is 2.20. The minimum absolute atomic E-state index is 0.358. The van der Waals surface area contributed by atoms with Gasteiger partial charge in [-0.25, -0.2) is 4.98 Å². The number of aliphatic hydroxyl groups is 1. The van der Waals surface area contributed by atoms with Gasteiger partial charge >= 0.3 is 0 Å². The van der Waals surface area contributed by atoms with Gasteiger partial charge in [-0.05, 0) is 28.1 Å². The minimum atomic E-state index is -0.358. The molecule has 0 saturated heterocycles. The van der Waals surface area contributed by atoms with Gasteiger partial charge in [0.2, 0.25) is 0 Å². The molecule has 2 aliphatic rings. The van der Waals surface area contributed by atoms with E-state index < -0.39 is 0 Å². The van der Waals surface area contributed by atoms with Crippen molar-refractivity contribution in [1.82, 2.24) is 9.55 Å². The van der Waals surface area contributed by atoms with Crippen molar-refractivity contribution < 1.29 is 5.11 Å². The van der Waals surface area contributed by atoms with Crippen LogP contribution in [0, 0.1) is 10.4 Å². The third-order valence-corrected chi connectivity index (χ3v) is 5.14. The van der Waals surface area contributed by atoms with Gasteiger partial charge in [-0.15, -0.1) is 11.8 Å². The number of aromatic nitrogens is 2. The first-order chi connectivity index (χ1) is 11.7. The number of rotatable bonds is 6. The van der Waals surface area contributed by atoms with Crippen LogP contribution in [0.3, 0.4) is 0 Å². The second-order valence-electron chi connectivity index (χ2n) is 5.56. The summed E-state index contributed by atoms with van der Waals surface area (Å²) in [5.41, 5.74) is 0.814. The van der Waals surface area contributed by atoms with Gasteiger partial charge in [0.1, 0.15) is 5.44 Å². The SMILES string of the molecule is OC(CCn1ccnc1)SCc1ccc(Cl)cc1.c1cc2ccc1=2. The van der Waals surface area contributed by atoms with Crippen molar-refractivity contribution in [2.24, 2.45) is 0 Å². The lowest BCUT2D eigenvalue weighted by atomic mass is 10.1. The van der Waals surface area contributed by atoms with Crippen molar-refractivity contribution in [1.29, 1.82) is 0 Å². The van der Waals surface area contributed by atoms with E-state index in [1.165, 1.54) is 27.8 Å². The molecule has 0 bridgehead atoms. The molecule has 1 unspecified atom stereocenters. The fourth-order valence-corrected chi connectivity index (χ4v) is 3.17. The summed E-state index contributed by atoms with van der Waals surface area (Å²) in [5, 5.41) is 13.5. The Balaban J connectivity index is 0.000000231. The molecule has 24 heavy (non-hydrogen) atoms. The molecule has 0 radical (unpaired) electrons. The zero-order valence-corrected chi connectivity index (χ0v) is 14.7. The maximum atomic E-state index is 9.87. The summed E-state index contributed by atoms with van der Waals surface area (Å²) in [4.78, 5) is 3.96. The van der Waals surface area contributed by atoms with Crippen LogP contribution in [-0.4, -0.2) is 20.1 Å². The Morgan fingerprint density at radius 2 is 1.71 bits per heavy atom. The molecule has 0 aliphatic heterocycles. The fraction of sp³-hybridized carbons (Fsp3) is 0.211. The molecular formula is C19H19ClN2OS. The molecule has 1 heterocycles. The molecule has 2 aliphatic carbocycles. The van der Waals surface area contributed by atoms with Crippen molar-refractivity contribution in [2.75, 3.05) is 0 Å². The lowest BCUT2D eigenvalue weighted by Gasteiger charge is -2.10. The molecule has 0 saturated carbocycles. The Hall–Kier alpha value is -1.75. The first-order valence-electron chi connectivity index (χ1n) is 7.81. The summed E-state index contributed by atoms with van der Waals surface area (Å²) in [6.07, 6.45) is 6.12. The van der Waals surface area contributed by atoms with Gasteiger partial charge in [0.15, 0.2) is 0 Å². The van der Waals surface area contributed by atoms with Crippen molar-refractivity contribution >= 4 is 23.4 Å². The van der Waals surface area contributed by atoms with E-state index in [9.17, 15) is 5.11 Å². The number of aryl methyl sites for hydroxylation is 1. The summed E-state index contributed by atoms with van der Waals surface area (Å²) in [7, 11) is 0. The Bertz CT molecular complexity index is 800. The highest BCUT2D eigenvalue weighted by molar-refractivity contribution is 7.98. The van der Waals surface area contributed by atoms with Gasteiger partial charge in [-0.3, -0.25) is 0 Å². The Morgan fingerprint density at radius 1 is 1.04 bits per heavy atom. The highest BCUT2D eigenvalue weighted by atomic mass is 35.5. The van der Waals surface area contributed by atoms with Gasteiger partial charge in [0.05, 0.1) is 6.33 Å². The molecule has 1 atom stereocenters. The van der Waals surface area contributed by atoms with Crippen LogP contribution in [0.4, 0.5) is 0 Å². The van der Waals surface area contributed by atoms with Crippen LogP contribution < -0.4 is 0 Å². The summed E-state index contributed by atoms with van der Waals surface area (Å²) >= 11 is 7.35. The number of hydrogen-bond acceptors (Lipinski definition) is 3. The normalized spacial score (nSPS) is 12.2. The number of imidazole rings is 1. The van der Waals surface area contributed by atoms with Gasteiger partial charge < -0.3 is 9.67 Å². The maximum Gasteiger partial charge on any atom is 0.101 e. The van der Waals surface area contributed by atoms with Crippen LogP contribution in [0.15, 0.2) is 67.3 Å². The Labute approximate surface area is 150 Å². The van der Waals surface area contributed by atoms with E-state index in [4.69, 9.17) is 11.6 Å². The van der Waals surface area contributed by atoms with Gasteiger partial charge in [-0.2, -0.15) is 0 Å². The molecule has 0 fully saturated rings. The van der Waals surface area contributed by atoms with Crippen molar-refractivity contribution in [3.05, 3.63) is 88.3 Å². The van der Waals surface area contributed by atoms with Crippen LogP contribution in [0.5, 0.6) is 0 Å². The summed E-state index contributed by atoms with van der Waals surface area (Å²) in [6.45, 7) is 0.786. The third kappa shape index (κ3) is 4.87. The van der Waals surface area contributed by atoms with E-state index in [2.05, 4.69) is 29.2 Å². The summed E-state index contributed by atoms with van der Waals surface area (Å²) in [5.74, 6) is 0.794. The molecule has 1 N–H and O–H groups in total. The third-order valence-electron chi connectivity index (χ3n) is 3.77. The summed E-state index contributed by atoms with van der Waals surface area (Å²) in [6, 6.07) is 16.2. The Morgan fingerprint density at radius 3 is 2.21 bits per heavy atom. The smallest absolute Gasteiger partial charge is 0.101 e. The molecular weight excluding hydrogens is 340 g/mol. The van der Waals surface area contributed by atoms with Crippen LogP contribution >= 0.6 is 23.4 Å². The molecule has 1 aromatic carbocycles. The Kier molecular flexibility index (Phi) is 5.96. The predicted octanol–water partition coefficient (Wildman–Crippen LogP) is 4.47. The molecule has 0 amide bonds. The van der Waals surface area contributed by atoms with E-state index in [-0.39, 0.29) is 5.44 Å². The molecule has 2 aromatic rings. The quantitative estimate of drug-likeness (QED) is 0.517. The number of halogens is 1. The lowest BCUT2D eigenvalue weighted by Crippen LogP contribution is -2.06. The van der Waals surface area contributed by atoms with E-state index >= 15 is 0 Å². The molecule has 4 rings (SSSR count). The second-order valence-corrected chi connectivity index (χ2v) is 7.16. The van der Waals surface area contributed by atoms with Gasteiger partial charge in [0, 0.05) is 36.1 Å². The van der Waals surface area contributed by atoms with Crippen LogP contribution in [0.2, 0.25) is 5.02 Å². The van der Waals surface area contributed by atoms with Crippen molar-refractivity contribution in [2.45, 2.75) is 24.2 Å². The van der Waals surface area contributed by atoms with E-state index in [1.54, 1.807) is 12.5 Å². The number of nitrogens with zero attached hydrogens (tertiary/aromatic N) is 2. The monoisotopic (exact) mass is 358 g/mol. The van der Waals surface area contributed by atoms with Gasteiger partial charge in [0.25, 0.3) is 0 Å². The zero-order chi connectivity index (χ0) is 16.8. The first-order valence-corrected chi connectivity index (χ1v) is 9.24. The molecule has 0 spiro atoms. The largest absolute Gasteiger partial charge is 0.382 e. The number of hydrogen-bond donors (Lipinski definition) is 1. The second kappa shape index (κ2) is 8.38. The van der Waals surface area contributed by atoms with Crippen molar-refractivity contribution in [3.63, 3.8) is 0 Å². The predicted molar refractivity (Wildman–Crippen MR) is 99.7 cm³/mol. The first kappa shape index (κ1) is 17.1. The van der Waals surface area contributed by atoms with Crippen molar-refractivity contribution in [3.8, 4) is 0 Å². The zero-order valence-electron chi connectivity index (χ0n) is 13.2. The summed E-state index contributed by atoms with van der Waals surface area (Å²) < 4.78 is 1.96. The van der Waals surface area contributed by atoms with E-state index in [0.717, 1.165) is 17.3 Å². The molecule has 3 nitrogen and oxygen atoms in total. The molecule has 1 aromatic heterocycles. The highest BCUT2D eigenvalue weighted by Gasteiger charge is 2.05. The molecule has 124 valence electrons. The fourth-order valence-electron chi connectivity index (χ4n) is 2.20. The topological polar surface area (TPSA) is 38.0 Å². The standard InChI is InChI=1S/C13H15ClN2OS.C6H4/c14-12-3-1-11(2-4-12)9-18-13(17)5-7-16-8-6-15-10-16;1-2-6-4-3-5(1)6/h1-4,6,8,10,13,17H,5,7,9H2;1-4H.